The van der Waals surface area contributed by atoms with Crippen LogP contribution in [0.25, 0.3) is 6.08 Å². The Balaban J connectivity index is 1.31. The number of hydrogen-bond donors (Lipinski definition) is 1. The van der Waals surface area contributed by atoms with Crippen LogP contribution in [0.5, 0.6) is 11.5 Å². The summed E-state index contributed by atoms with van der Waals surface area (Å²) in [6.07, 6.45) is 1.76. The number of ketones is 1. The molecule has 0 spiro atoms. The lowest BCUT2D eigenvalue weighted by atomic mass is 10.0. The summed E-state index contributed by atoms with van der Waals surface area (Å²) in [4.78, 5) is 17.5. The number of rotatable bonds is 5. The van der Waals surface area contributed by atoms with Crippen molar-refractivity contribution in [3.63, 3.8) is 0 Å². The zero-order valence-corrected chi connectivity index (χ0v) is 20.0. The van der Waals surface area contributed by atoms with Crippen LogP contribution in [-0.2, 0) is 6.54 Å². The average Bonchev–Trinajstić information content (AvgIpc) is 3.17. The van der Waals surface area contributed by atoms with Crippen LogP contribution < -0.4 is 9.64 Å². The number of phenolic OH excluding ortho intramolecular Hbond substituents is 1. The number of benzene rings is 3. The number of carbonyl (C=O) groups is 1. The Kier molecular flexibility index (Phi) is 6.31. The van der Waals surface area contributed by atoms with Crippen LogP contribution in [0.1, 0.15) is 46.8 Å². The molecule has 0 amide bonds. The molecule has 5 nitrogen and oxygen atoms in total. The van der Waals surface area contributed by atoms with Gasteiger partial charge in [0.25, 0.3) is 0 Å². The molecule has 2 heterocycles. The third kappa shape index (κ3) is 4.80. The van der Waals surface area contributed by atoms with Gasteiger partial charge in [0.2, 0.25) is 5.78 Å². The lowest BCUT2D eigenvalue weighted by Gasteiger charge is -2.36. The smallest absolute Gasteiger partial charge is 0.231 e. The van der Waals surface area contributed by atoms with Crippen LogP contribution in [0.4, 0.5) is 10.1 Å². The van der Waals surface area contributed by atoms with Gasteiger partial charge in [0.1, 0.15) is 17.3 Å². The Morgan fingerprint density at radius 1 is 0.971 bits per heavy atom. The van der Waals surface area contributed by atoms with E-state index in [2.05, 4.69) is 35.8 Å². The van der Waals surface area contributed by atoms with Gasteiger partial charge in [-0.1, -0.05) is 38.1 Å². The zero-order chi connectivity index (χ0) is 24.5. The molecule has 1 saturated heterocycles. The van der Waals surface area contributed by atoms with Crippen molar-refractivity contribution in [3.8, 4) is 11.5 Å². The molecular weight excluding hydrogens is 443 g/mol. The molecule has 2 aliphatic rings. The number of aromatic hydroxyl groups is 1. The van der Waals surface area contributed by atoms with Crippen LogP contribution in [-0.4, -0.2) is 42.0 Å². The SMILES string of the molecule is CC(C)c1ccc(/C=C2/Oc3c(ccc(O)c3CN3CCN(c4ccc(F)cc4)CC3)C2=O)cc1. The normalized spacial score (nSPS) is 17.2. The minimum atomic E-state index is -0.240. The van der Waals surface area contributed by atoms with E-state index in [4.69, 9.17) is 4.74 Å². The number of piperazine rings is 1. The van der Waals surface area contributed by atoms with Gasteiger partial charge in [0, 0.05) is 38.4 Å². The van der Waals surface area contributed by atoms with E-state index in [-0.39, 0.29) is 23.1 Å². The summed E-state index contributed by atoms with van der Waals surface area (Å²) in [5.74, 6) is 0.867. The van der Waals surface area contributed by atoms with Crippen molar-refractivity contribution in [1.82, 2.24) is 4.90 Å². The van der Waals surface area contributed by atoms with Crippen LogP contribution in [0.2, 0.25) is 0 Å². The van der Waals surface area contributed by atoms with Crippen molar-refractivity contribution in [1.29, 1.82) is 0 Å². The minimum Gasteiger partial charge on any atom is -0.507 e. The molecular formula is C29H29FN2O3. The molecule has 6 heteroatoms. The van der Waals surface area contributed by atoms with E-state index in [0.717, 1.165) is 37.4 Å². The number of anilines is 1. The van der Waals surface area contributed by atoms with Gasteiger partial charge >= 0.3 is 0 Å². The Labute approximate surface area is 205 Å². The average molecular weight is 473 g/mol. The second kappa shape index (κ2) is 9.55. The second-order valence-corrected chi connectivity index (χ2v) is 9.44. The van der Waals surface area contributed by atoms with E-state index in [1.807, 2.05) is 12.1 Å². The first-order valence-corrected chi connectivity index (χ1v) is 12.0. The first-order chi connectivity index (χ1) is 16.9. The lowest BCUT2D eigenvalue weighted by Crippen LogP contribution is -2.46. The van der Waals surface area contributed by atoms with Crippen molar-refractivity contribution in [3.05, 3.63) is 94.5 Å². The van der Waals surface area contributed by atoms with Crippen molar-refractivity contribution in [2.45, 2.75) is 26.3 Å². The Morgan fingerprint density at radius 2 is 1.66 bits per heavy atom. The Hall–Kier alpha value is -3.64. The van der Waals surface area contributed by atoms with E-state index in [1.165, 1.54) is 17.7 Å². The molecule has 1 fully saturated rings. The number of allylic oxidation sites excluding steroid dienone is 1. The number of Topliss-reactive ketones (excluding diaryl/α,β-unsaturated/α-hetero) is 1. The highest BCUT2D eigenvalue weighted by Crippen LogP contribution is 2.40. The maximum atomic E-state index is 13.2. The zero-order valence-electron chi connectivity index (χ0n) is 20.0. The summed E-state index contributed by atoms with van der Waals surface area (Å²) < 4.78 is 19.3. The number of fused-ring (bicyclic) bond motifs is 1. The maximum Gasteiger partial charge on any atom is 0.231 e. The molecule has 3 aromatic carbocycles. The molecule has 0 saturated carbocycles. The topological polar surface area (TPSA) is 53.0 Å². The van der Waals surface area contributed by atoms with Crippen LogP contribution in [0, 0.1) is 5.82 Å². The fourth-order valence-electron chi connectivity index (χ4n) is 4.62. The highest BCUT2D eigenvalue weighted by atomic mass is 19.1. The maximum absolute atomic E-state index is 13.2. The molecule has 35 heavy (non-hydrogen) atoms. The van der Waals surface area contributed by atoms with E-state index < -0.39 is 0 Å². The van der Waals surface area contributed by atoms with Crippen molar-refractivity contribution < 1.29 is 19.0 Å². The highest BCUT2D eigenvalue weighted by molar-refractivity contribution is 6.15. The summed E-state index contributed by atoms with van der Waals surface area (Å²) in [7, 11) is 0. The first kappa shape index (κ1) is 23.1. The fourth-order valence-corrected chi connectivity index (χ4v) is 4.62. The van der Waals surface area contributed by atoms with Gasteiger partial charge in [-0.2, -0.15) is 0 Å². The predicted molar refractivity (Wildman–Crippen MR) is 135 cm³/mol. The lowest BCUT2D eigenvalue weighted by molar-refractivity contribution is 0.101. The number of hydrogen-bond acceptors (Lipinski definition) is 5. The molecule has 0 atom stereocenters. The minimum absolute atomic E-state index is 0.125. The van der Waals surface area contributed by atoms with Gasteiger partial charge in [-0.3, -0.25) is 9.69 Å². The number of carbonyl (C=O) groups excluding carboxylic acids is 1. The van der Waals surface area contributed by atoms with Crippen molar-refractivity contribution in [2.75, 3.05) is 31.1 Å². The van der Waals surface area contributed by atoms with Gasteiger partial charge in [0.15, 0.2) is 5.76 Å². The standard InChI is InChI=1S/C29H29FN2O3/c1-19(2)21-5-3-20(4-6-21)17-27-28(34)24-11-12-26(33)25(29(24)35-27)18-31-13-15-32(16-14-31)23-9-7-22(30)8-10-23/h3-12,17,19,33H,13-16,18H2,1-2H3/b27-17+. The third-order valence-corrected chi connectivity index (χ3v) is 6.76. The number of halogens is 1. The predicted octanol–water partition coefficient (Wildman–Crippen LogP) is 5.59. The number of nitrogens with zero attached hydrogens (tertiary/aromatic N) is 2. The molecule has 180 valence electrons. The van der Waals surface area contributed by atoms with E-state index in [0.29, 0.717) is 29.3 Å². The summed E-state index contributed by atoms with van der Waals surface area (Å²) in [5, 5.41) is 10.6. The van der Waals surface area contributed by atoms with Crippen molar-refractivity contribution in [2.24, 2.45) is 0 Å². The molecule has 0 aromatic heterocycles. The third-order valence-electron chi connectivity index (χ3n) is 6.76. The van der Waals surface area contributed by atoms with Gasteiger partial charge < -0.3 is 14.7 Å². The Morgan fingerprint density at radius 3 is 2.31 bits per heavy atom. The van der Waals surface area contributed by atoms with Gasteiger partial charge in [-0.15, -0.1) is 0 Å². The molecule has 2 aliphatic heterocycles. The quantitative estimate of drug-likeness (QED) is 0.491. The summed E-state index contributed by atoms with van der Waals surface area (Å²) >= 11 is 0. The molecule has 0 bridgehead atoms. The molecule has 0 aliphatic carbocycles. The molecule has 0 radical (unpaired) electrons. The monoisotopic (exact) mass is 472 g/mol. The molecule has 5 rings (SSSR count). The molecule has 3 aromatic rings. The molecule has 0 unspecified atom stereocenters. The summed E-state index contributed by atoms with van der Waals surface area (Å²) in [6, 6.07) is 17.8. The summed E-state index contributed by atoms with van der Waals surface area (Å²) in [6.45, 7) is 7.90. The van der Waals surface area contributed by atoms with Crippen LogP contribution in [0.15, 0.2) is 66.4 Å². The highest BCUT2D eigenvalue weighted by Gasteiger charge is 2.32. The van der Waals surface area contributed by atoms with Gasteiger partial charge in [0.05, 0.1) is 11.1 Å². The fraction of sp³-hybridized carbons (Fsp3) is 0.276. The van der Waals surface area contributed by atoms with Crippen LogP contribution >= 0.6 is 0 Å². The largest absolute Gasteiger partial charge is 0.507 e. The van der Waals surface area contributed by atoms with E-state index in [1.54, 1.807) is 30.3 Å². The van der Waals surface area contributed by atoms with Gasteiger partial charge in [-0.25, -0.2) is 4.39 Å². The molecule has 1 N–H and O–H groups in total. The summed E-state index contributed by atoms with van der Waals surface area (Å²) in [5.41, 5.74) is 4.24. The van der Waals surface area contributed by atoms with Crippen molar-refractivity contribution >= 4 is 17.5 Å². The number of phenols is 1. The first-order valence-electron chi connectivity index (χ1n) is 12.0. The van der Waals surface area contributed by atoms with E-state index >= 15 is 0 Å². The van der Waals surface area contributed by atoms with Gasteiger partial charge in [-0.05, 0) is 59.5 Å². The Bertz CT molecular complexity index is 1260. The second-order valence-electron chi connectivity index (χ2n) is 9.44. The van der Waals surface area contributed by atoms with E-state index in [9.17, 15) is 14.3 Å². The van der Waals surface area contributed by atoms with Crippen LogP contribution in [0.3, 0.4) is 0 Å². The number of ether oxygens (including phenoxy) is 1.